The lowest BCUT2D eigenvalue weighted by molar-refractivity contribution is -0.0123. The zero-order chi connectivity index (χ0) is 12.2. The third-order valence-electron chi connectivity index (χ3n) is 4.97. The molecular weight excluding hydrogens is 194 g/mol. The zero-order valence-corrected chi connectivity index (χ0v) is 12.1. The van der Waals surface area contributed by atoms with Gasteiger partial charge in [-0.15, -0.1) is 0 Å². The van der Waals surface area contributed by atoms with Gasteiger partial charge in [0.25, 0.3) is 0 Å². The van der Waals surface area contributed by atoms with Gasteiger partial charge in [-0.25, -0.2) is 0 Å². The van der Waals surface area contributed by atoms with Crippen molar-refractivity contribution >= 4 is 0 Å². The summed E-state index contributed by atoms with van der Waals surface area (Å²) in [5, 5.41) is 0. The minimum Gasteiger partial charge on any atom is -0.298 e. The second kappa shape index (κ2) is 3.48. The van der Waals surface area contributed by atoms with Crippen LogP contribution in [0.4, 0.5) is 0 Å². The van der Waals surface area contributed by atoms with Gasteiger partial charge in [-0.3, -0.25) is 4.90 Å². The summed E-state index contributed by atoms with van der Waals surface area (Å²) in [5.74, 6) is 0.965. The number of hydrogen-bond acceptors (Lipinski definition) is 1. The fourth-order valence-corrected chi connectivity index (χ4v) is 3.44. The van der Waals surface area contributed by atoms with Crippen LogP contribution < -0.4 is 0 Å². The van der Waals surface area contributed by atoms with Crippen molar-refractivity contribution in [2.24, 2.45) is 16.7 Å². The van der Waals surface area contributed by atoms with E-state index in [-0.39, 0.29) is 0 Å². The van der Waals surface area contributed by atoms with Crippen molar-refractivity contribution in [3.63, 3.8) is 0 Å². The molecule has 1 saturated carbocycles. The van der Waals surface area contributed by atoms with E-state index in [0.29, 0.717) is 16.4 Å². The molecule has 1 nitrogen and oxygen atoms in total. The second-order valence-corrected chi connectivity index (χ2v) is 8.31. The third kappa shape index (κ3) is 2.16. The van der Waals surface area contributed by atoms with Gasteiger partial charge in [-0.2, -0.15) is 0 Å². The molecule has 16 heavy (non-hydrogen) atoms. The normalized spacial score (nSPS) is 36.8. The van der Waals surface area contributed by atoms with Gasteiger partial charge in [0.1, 0.15) is 0 Å². The molecule has 2 aliphatic rings. The van der Waals surface area contributed by atoms with E-state index in [4.69, 9.17) is 0 Å². The molecule has 2 rings (SSSR count). The fraction of sp³-hybridized carbons (Fsp3) is 1.00. The largest absolute Gasteiger partial charge is 0.298 e. The number of likely N-dealkylation sites (tertiary alicyclic amines) is 1. The van der Waals surface area contributed by atoms with Crippen molar-refractivity contribution in [2.75, 3.05) is 13.1 Å². The van der Waals surface area contributed by atoms with Crippen LogP contribution in [0.15, 0.2) is 0 Å². The molecule has 0 aromatic rings. The molecule has 0 unspecified atom stereocenters. The smallest absolute Gasteiger partial charge is 0.0125 e. The Morgan fingerprint density at radius 3 is 1.94 bits per heavy atom. The van der Waals surface area contributed by atoms with Crippen LogP contribution in [0, 0.1) is 16.7 Å². The first-order valence-corrected chi connectivity index (χ1v) is 6.88. The van der Waals surface area contributed by atoms with E-state index >= 15 is 0 Å². The maximum Gasteiger partial charge on any atom is 0.0125 e. The monoisotopic (exact) mass is 223 g/mol. The Hall–Kier alpha value is -0.0400. The Balaban J connectivity index is 1.92. The van der Waals surface area contributed by atoms with Crippen LogP contribution >= 0.6 is 0 Å². The van der Waals surface area contributed by atoms with E-state index in [1.165, 1.54) is 32.4 Å². The van der Waals surface area contributed by atoms with Crippen molar-refractivity contribution < 1.29 is 0 Å². The molecule has 0 aromatic carbocycles. The molecule has 0 bridgehead atoms. The Labute approximate surface area is 102 Å². The lowest BCUT2D eigenvalue weighted by Crippen LogP contribution is -2.47. The molecule has 0 N–H and O–H groups in total. The predicted octanol–water partition coefficient (Wildman–Crippen LogP) is 3.93. The molecule has 2 fully saturated rings. The van der Waals surface area contributed by atoms with Crippen LogP contribution in [0.5, 0.6) is 0 Å². The van der Waals surface area contributed by atoms with Gasteiger partial charge in [0.2, 0.25) is 0 Å². The first-order chi connectivity index (χ1) is 7.12. The molecule has 1 spiro atoms. The molecule has 0 amide bonds. The van der Waals surface area contributed by atoms with Crippen molar-refractivity contribution in [3.8, 4) is 0 Å². The Morgan fingerprint density at radius 1 is 1.00 bits per heavy atom. The van der Waals surface area contributed by atoms with E-state index in [1.807, 2.05) is 0 Å². The number of rotatable bonds is 0. The minimum atomic E-state index is 0.371. The quantitative estimate of drug-likeness (QED) is 0.601. The summed E-state index contributed by atoms with van der Waals surface area (Å²) in [6.07, 6.45) is 4.39. The van der Waals surface area contributed by atoms with E-state index in [2.05, 4.69) is 46.4 Å². The van der Waals surface area contributed by atoms with Crippen LogP contribution in [0.25, 0.3) is 0 Å². The Morgan fingerprint density at radius 2 is 1.56 bits per heavy atom. The van der Waals surface area contributed by atoms with Gasteiger partial charge in [0.05, 0.1) is 0 Å². The molecule has 1 saturated heterocycles. The highest BCUT2D eigenvalue weighted by molar-refractivity contribution is 5.04. The number of hydrogen-bond donors (Lipinski definition) is 0. The van der Waals surface area contributed by atoms with Crippen molar-refractivity contribution in [1.82, 2.24) is 4.90 Å². The van der Waals surface area contributed by atoms with E-state index < -0.39 is 0 Å². The first-order valence-electron chi connectivity index (χ1n) is 6.88. The van der Waals surface area contributed by atoms with Crippen molar-refractivity contribution in [3.05, 3.63) is 0 Å². The van der Waals surface area contributed by atoms with E-state index in [0.717, 1.165) is 5.92 Å². The summed E-state index contributed by atoms with van der Waals surface area (Å²) in [7, 11) is 0. The standard InChI is InChI=1S/C15H29N/c1-13(2,3)12-9-15(10-12)7-8-16(11-15)14(4,5)6/h12H,7-11H2,1-6H3. The predicted molar refractivity (Wildman–Crippen MR) is 70.6 cm³/mol. The minimum absolute atomic E-state index is 0.371. The van der Waals surface area contributed by atoms with E-state index in [9.17, 15) is 0 Å². The highest BCUT2D eigenvalue weighted by atomic mass is 15.2. The first kappa shape index (κ1) is 12.4. The maximum absolute atomic E-state index is 2.69. The average molecular weight is 223 g/mol. The van der Waals surface area contributed by atoms with Gasteiger partial charge in [-0.05, 0) is 63.3 Å². The van der Waals surface area contributed by atoms with Gasteiger partial charge in [-0.1, -0.05) is 20.8 Å². The van der Waals surface area contributed by atoms with Crippen molar-refractivity contribution in [1.29, 1.82) is 0 Å². The molecule has 1 aliphatic carbocycles. The zero-order valence-electron chi connectivity index (χ0n) is 12.1. The maximum atomic E-state index is 2.69. The molecular formula is C15H29N. The summed E-state index contributed by atoms with van der Waals surface area (Å²) in [6, 6.07) is 0. The highest BCUT2D eigenvalue weighted by Crippen LogP contribution is 2.57. The van der Waals surface area contributed by atoms with Crippen LogP contribution in [0.3, 0.4) is 0 Å². The molecule has 0 radical (unpaired) electrons. The Kier molecular flexibility index (Phi) is 2.70. The van der Waals surface area contributed by atoms with Crippen LogP contribution in [-0.4, -0.2) is 23.5 Å². The molecule has 1 aliphatic heterocycles. The average Bonchev–Trinajstić information content (AvgIpc) is 2.41. The lowest BCUT2D eigenvalue weighted by atomic mass is 9.54. The topological polar surface area (TPSA) is 3.24 Å². The number of nitrogens with zero attached hydrogens (tertiary/aromatic N) is 1. The highest BCUT2D eigenvalue weighted by Gasteiger charge is 2.52. The van der Waals surface area contributed by atoms with Crippen LogP contribution in [0.2, 0.25) is 0 Å². The Bertz CT molecular complexity index is 260. The van der Waals surface area contributed by atoms with Gasteiger partial charge < -0.3 is 0 Å². The molecule has 0 atom stereocenters. The van der Waals surface area contributed by atoms with Gasteiger partial charge >= 0.3 is 0 Å². The SMILES string of the molecule is CC(C)(C)C1CC2(CCN(C(C)(C)C)C2)C1. The van der Waals surface area contributed by atoms with Crippen LogP contribution in [-0.2, 0) is 0 Å². The summed E-state index contributed by atoms with van der Waals surface area (Å²) in [5.41, 5.74) is 1.60. The van der Waals surface area contributed by atoms with Gasteiger partial charge in [0.15, 0.2) is 0 Å². The molecule has 1 heterocycles. The third-order valence-corrected chi connectivity index (χ3v) is 4.97. The fourth-order valence-electron chi connectivity index (χ4n) is 3.44. The summed E-state index contributed by atoms with van der Waals surface area (Å²) in [4.78, 5) is 2.69. The lowest BCUT2D eigenvalue weighted by Gasteiger charge is -2.51. The van der Waals surface area contributed by atoms with Crippen molar-refractivity contribution in [2.45, 2.75) is 66.3 Å². The second-order valence-electron chi connectivity index (χ2n) is 8.31. The summed E-state index contributed by atoms with van der Waals surface area (Å²) in [6.45, 7) is 16.9. The summed E-state index contributed by atoms with van der Waals surface area (Å²) >= 11 is 0. The molecule has 1 heteroatoms. The van der Waals surface area contributed by atoms with Gasteiger partial charge in [0, 0.05) is 12.1 Å². The summed E-state index contributed by atoms with van der Waals surface area (Å²) < 4.78 is 0. The van der Waals surface area contributed by atoms with E-state index in [1.54, 1.807) is 0 Å². The molecule has 94 valence electrons. The van der Waals surface area contributed by atoms with Crippen LogP contribution in [0.1, 0.15) is 60.8 Å². The molecule has 0 aromatic heterocycles.